The number of rotatable bonds is 3. The number of thioether (sulfide) groups is 1. The van der Waals surface area contributed by atoms with Crippen LogP contribution in [0.25, 0.3) is 0 Å². The van der Waals surface area contributed by atoms with Crippen molar-refractivity contribution in [3.05, 3.63) is 24.3 Å². The standard InChI is InChI=1S/C15H20BrN3OS/c1-20-13-4-2-12(3-5-13)18-6-8-19(9-7-18)15-17-11-14(10-16)21-15/h2-5,14H,6-11H2,1H3. The van der Waals surface area contributed by atoms with Crippen molar-refractivity contribution < 1.29 is 4.74 Å². The number of nitrogens with zero attached hydrogens (tertiary/aromatic N) is 3. The van der Waals surface area contributed by atoms with Crippen LogP contribution in [0.3, 0.4) is 0 Å². The highest BCUT2D eigenvalue weighted by molar-refractivity contribution is 9.09. The average molecular weight is 370 g/mol. The largest absolute Gasteiger partial charge is 0.497 e. The van der Waals surface area contributed by atoms with Crippen molar-refractivity contribution >= 4 is 38.5 Å². The molecule has 0 radical (unpaired) electrons. The fraction of sp³-hybridized carbons (Fsp3) is 0.533. The van der Waals surface area contributed by atoms with Gasteiger partial charge < -0.3 is 14.5 Å². The normalized spacial score (nSPS) is 22.4. The minimum atomic E-state index is 0.611. The molecular weight excluding hydrogens is 350 g/mol. The van der Waals surface area contributed by atoms with E-state index in [1.807, 2.05) is 23.9 Å². The van der Waals surface area contributed by atoms with Crippen molar-refractivity contribution in [1.82, 2.24) is 4.90 Å². The summed E-state index contributed by atoms with van der Waals surface area (Å²) in [7, 11) is 1.70. The van der Waals surface area contributed by atoms with Gasteiger partial charge >= 0.3 is 0 Å². The molecule has 1 aromatic rings. The van der Waals surface area contributed by atoms with Gasteiger partial charge in [-0.1, -0.05) is 27.7 Å². The molecule has 1 unspecified atom stereocenters. The number of aliphatic imine (C=N–C) groups is 1. The number of anilines is 1. The molecule has 3 rings (SSSR count). The van der Waals surface area contributed by atoms with Gasteiger partial charge in [0.05, 0.1) is 13.7 Å². The lowest BCUT2D eigenvalue weighted by Gasteiger charge is -2.37. The van der Waals surface area contributed by atoms with E-state index in [4.69, 9.17) is 4.74 Å². The van der Waals surface area contributed by atoms with E-state index in [1.165, 1.54) is 10.9 Å². The summed E-state index contributed by atoms with van der Waals surface area (Å²) in [4.78, 5) is 9.53. The summed E-state index contributed by atoms with van der Waals surface area (Å²) in [5.41, 5.74) is 1.27. The second-order valence-electron chi connectivity index (χ2n) is 5.19. The quantitative estimate of drug-likeness (QED) is 0.765. The first-order valence-electron chi connectivity index (χ1n) is 7.21. The molecule has 0 spiro atoms. The summed E-state index contributed by atoms with van der Waals surface area (Å²) in [5.74, 6) is 0.912. The molecular formula is C15H20BrN3OS. The van der Waals surface area contributed by atoms with Gasteiger partial charge in [0.15, 0.2) is 5.17 Å². The van der Waals surface area contributed by atoms with E-state index in [-0.39, 0.29) is 0 Å². The Morgan fingerprint density at radius 3 is 2.43 bits per heavy atom. The van der Waals surface area contributed by atoms with E-state index in [1.54, 1.807) is 7.11 Å². The van der Waals surface area contributed by atoms with E-state index in [9.17, 15) is 0 Å². The first-order valence-corrected chi connectivity index (χ1v) is 9.21. The van der Waals surface area contributed by atoms with Gasteiger partial charge in [-0.3, -0.25) is 4.99 Å². The molecule has 2 aliphatic rings. The highest BCUT2D eigenvalue weighted by Gasteiger charge is 2.26. The van der Waals surface area contributed by atoms with Crippen LogP contribution in [0.5, 0.6) is 5.75 Å². The van der Waals surface area contributed by atoms with Gasteiger partial charge in [-0.25, -0.2) is 0 Å². The maximum Gasteiger partial charge on any atom is 0.159 e. The lowest BCUT2D eigenvalue weighted by molar-refractivity contribution is 0.392. The molecule has 21 heavy (non-hydrogen) atoms. The second kappa shape index (κ2) is 6.92. The van der Waals surface area contributed by atoms with Gasteiger partial charge in [-0.05, 0) is 24.3 Å². The number of alkyl halides is 1. The van der Waals surface area contributed by atoms with Crippen LogP contribution in [0.2, 0.25) is 0 Å². The van der Waals surface area contributed by atoms with Gasteiger partial charge in [-0.2, -0.15) is 0 Å². The molecule has 6 heteroatoms. The van der Waals surface area contributed by atoms with E-state index in [0.29, 0.717) is 5.25 Å². The highest BCUT2D eigenvalue weighted by Crippen LogP contribution is 2.26. The summed E-state index contributed by atoms with van der Waals surface area (Å²) in [6, 6.07) is 8.33. The van der Waals surface area contributed by atoms with E-state index in [0.717, 1.165) is 43.8 Å². The maximum absolute atomic E-state index is 5.21. The lowest BCUT2D eigenvalue weighted by Crippen LogP contribution is -2.47. The van der Waals surface area contributed by atoms with Crippen LogP contribution in [-0.2, 0) is 0 Å². The zero-order valence-corrected chi connectivity index (χ0v) is 14.6. The van der Waals surface area contributed by atoms with Crippen LogP contribution in [0.4, 0.5) is 5.69 Å². The minimum Gasteiger partial charge on any atom is -0.497 e. The third-order valence-electron chi connectivity index (χ3n) is 3.86. The Bertz CT molecular complexity index is 500. The molecule has 2 aliphatic heterocycles. The Kier molecular flexibility index (Phi) is 4.95. The van der Waals surface area contributed by atoms with E-state index >= 15 is 0 Å². The predicted molar refractivity (Wildman–Crippen MR) is 94.3 cm³/mol. The summed E-state index contributed by atoms with van der Waals surface area (Å²) in [5, 5.41) is 2.87. The lowest BCUT2D eigenvalue weighted by atomic mass is 10.2. The molecule has 1 saturated heterocycles. The zero-order valence-electron chi connectivity index (χ0n) is 12.2. The summed E-state index contributed by atoms with van der Waals surface area (Å²) >= 11 is 5.46. The molecule has 0 aromatic heterocycles. The summed E-state index contributed by atoms with van der Waals surface area (Å²) in [6.45, 7) is 5.14. The second-order valence-corrected chi connectivity index (χ2v) is 7.10. The minimum absolute atomic E-state index is 0.611. The van der Waals surface area contributed by atoms with Gasteiger partial charge in [0.1, 0.15) is 5.75 Å². The Balaban J connectivity index is 1.55. The van der Waals surface area contributed by atoms with Crippen LogP contribution in [0.1, 0.15) is 0 Å². The SMILES string of the molecule is COc1ccc(N2CCN(C3=NCC(CBr)S3)CC2)cc1. The predicted octanol–water partition coefficient (Wildman–Crippen LogP) is 2.68. The number of benzene rings is 1. The van der Waals surface area contributed by atoms with Crippen LogP contribution in [0, 0.1) is 0 Å². The summed E-state index contributed by atoms with van der Waals surface area (Å²) < 4.78 is 5.21. The van der Waals surface area contributed by atoms with E-state index < -0.39 is 0 Å². The summed E-state index contributed by atoms with van der Waals surface area (Å²) in [6.07, 6.45) is 0. The van der Waals surface area contributed by atoms with Crippen molar-refractivity contribution in [2.24, 2.45) is 4.99 Å². The average Bonchev–Trinajstić information content (AvgIpc) is 3.04. The molecule has 1 fully saturated rings. The monoisotopic (exact) mass is 369 g/mol. The molecule has 2 heterocycles. The first kappa shape index (κ1) is 15.0. The smallest absolute Gasteiger partial charge is 0.159 e. The van der Waals surface area contributed by atoms with Crippen molar-refractivity contribution in [3.8, 4) is 5.75 Å². The Labute approximate surface area is 138 Å². The number of piperazine rings is 1. The maximum atomic E-state index is 5.21. The van der Waals surface area contributed by atoms with Gasteiger partial charge in [-0.15, -0.1) is 0 Å². The fourth-order valence-electron chi connectivity index (χ4n) is 2.61. The third kappa shape index (κ3) is 3.48. The molecule has 0 bridgehead atoms. The van der Waals surface area contributed by atoms with Crippen LogP contribution in [-0.4, -0.2) is 60.5 Å². The number of halogens is 1. The molecule has 0 aliphatic carbocycles. The van der Waals surface area contributed by atoms with E-state index in [2.05, 4.69) is 42.9 Å². The zero-order chi connectivity index (χ0) is 14.7. The number of hydrogen-bond donors (Lipinski definition) is 0. The van der Waals surface area contributed by atoms with Crippen LogP contribution < -0.4 is 9.64 Å². The molecule has 1 atom stereocenters. The van der Waals surface area contributed by atoms with Crippen molar-refractivity contribution in [2.75, 3.05) is 50.1 Å². The van der Waals surface area contributed by atoms with Crippen LogP contribution in [0.15, 0.2) is 29.3 Å². The van der Waals surface area contributed by atoms with Crippen molar-refractivity contribution in [1.29, 1.82) is 0 Å². The molecule has 114 valence electrons. The van der Waals surface area contributed by atoms with Gasteiger partial charge in [0, 0.05) is 42.4 Å². The van der Waals surface area contributed by atoms with Crippen molar-refractivity contribution in [2.45, 2.75) is 5.25 Å². The number of hydrogen-bond acceptors (Lipinski definition) is 5. The Hall–Kier alpha value is -0.880. The Morgan fingerprint density at radius 1 is 1.19 bits per heavy atom. The molecule has 0 saturated carbocycles. The molecule has 0 N–H and O–H groups in total. The van der Waals surface area contributed by atoms with Gasteiger partial charge in [0.25, 0.3) is 0 Å². The molecule has 1 aromatic carbocycles. The first-order chi connectivity index (χ1) is 10.3. The van der Waals surface area contributed by atoms with Gasteiger partial charge in [0.2, 0.25) is 0 Å². The number of amidine groups is 1. The van der Waals surface area contributed by atoms with Crippen LogP contribution >= 0.6 is 27.7 Å². The topological polar surface area (TPSA) is 28.1 Å². The fourth-order valence-corrected chi connectivity index (χ4v) is 4.20. The molecule has 0 amide bonds. The van der Waals surface area contributed by atoms with Crippen molar-refractivity contribution in [3.63, 3.8) is 0 Å². The number of ether oxygens (including phenoxy) is 1. The third-order valence-corrected chi connectivity index (χ3v) is 6.32. The number of methoxy groups -OCH3 is 1. The highest BCUT2D eigenvalue weighted by atomic mass is 79.9. The Morgan fingerprint density at radius 2 is 1.86 bits per heavy atom. The molecule has 4 nitrogen and oxygen atoms in total.